The molecular formula is C33H42N3OSi+. The molecule has 2 unspecified atom stereocenters. The lowest BCUT2D eigenvalue weighted by Gasteiger charge is -2.32. The Kier molecular flexibility index (Phi) is 7.18. The molecule has 1 aromatic heterocycles. The maximum absolute atomic E-state index is 5.88. The lowest BCUT2D eigenvalue weighted by Crippen LogP contribution is -2.54. The van der Waals surface area contributed by atoms with Crippen molar-refractivity contribution in [2.45, 2.75) is 64.7 Å². The highest BCUT2D eigenvalue weighted by molar-refractivity contribution is 6.89. The van der Waals surface area contributed by atoms with Crippen molar-refractivity contribution in [3.8, 4) is 11.3 Å². The summed E-state index contributed by atoms with van der Waals surface area (Å²) >= 11 is 0. The number of fused-ring (bicyclic) bond motifs is 6. The van der Waals surface area contributed by atoms with Crippen molar-refractivity contribution in [3.05, 3.63) is 96.1 Å². The average molecular weight is 525 g/mol. The number of allylic oxidation sites excluding steroid dienone is 3. The van der Waals surface area contributed by atoms with E-state index >= 15 is 0 Å². The molecule has 38 heavy (non-hydrogen) atoms. The van der Waals surface area contributed by atoms with Crippen LogP contribution in [0.15, 0.2) is 89.9 Å². The molecule has 0 saturated heterocycles. The number of nitrogens with one attached hydrogen (secondary N) is 1. The highest BCUT2D eigenvalue weighted by Crippen LogP contribution is 2.45. The van der Waals surface area contributed by atoms with Crippen LogP contribution in [0.5, 0.6) is 0 Å². The Balaban J connectivity index is 1.76. The molecule has 4 heterocycles. The third-order valence-corrected chi connectivity index (χ3v) is 10.2. The second kappa shape index (κ2) is 10.3. The lowest BCUT2D eigenvalue weighted by atomic mass is 9.78. The van der Waals surface area contributed by atoms with Gasteiger partial charge in [-0.1, -0.05) is 71.4 Å². The van der Waals surface area contributed by atoms with E-state index in [4.69, 9.17) is 9.73 Å². The minimum atomic E-state index is -1.61. The molecule has 0 radical (unpaired) electrons. The first kappa shape index (κ1) is 26.6. The molecule has 198 valence electrons. The van der Waals surface area contributed by atoms with E-state index in [0.717, 1.165) is 42.8 Å². The molecule has 0 fully saturated rings. The van der Waals surface area contributed by atoms with Gasteiger partial charge in [0.05, 0.1) is 19.7 Å². The van der Waals surface area contributed by atoms with Crippen molar-refractivity contribution < 1.29 is 9.30 Å². The molecule has 0 aliphatic carbocycles. The number of nitrogens with zero attached hydrogens (tertiary/aromatic N) is 2. The van der Waals surface area contributed by atoms with E-state index in [1.54, 1.807) is 0 Å². The maximum Gasteiger partial charge on any atom is 0.213 e. The number of benzene rings is 1. The Hall–Kier alpha value is -3.02. The Morgan fingerprint density at radius 3 is 2.68 bits per heavy atom. The normalized spacial score (nSPS) is 22.9. The van der Waals surface area contributed by atoms with E-state index in [-0.39, 0.29) is 12.0 Å². The molecule has 1 N–H and O–H groups in total. The van der Waals surface area contributed by atoms with Crippen molar-refractivity contribution in [2.75, 3.05) is 13.3 Å². The number of aliphatic imine (C=N–C) groups is 1. The quantitative estimate of drug-likeness (QED) is 0.374. The Morgan fingerprint density at radius 2 is 1.97 bits per heavy atom. The van der Waals surface area contributed by atoms with Gasteiger partial charge in [-0.15, -0.1) is 0 Å². The van der Waals surface area contributed by atoms with Crippen LogP contribution >= 0.6 is 0 Å². The zero-order chi connectivity index (χ0) is 27.2. The molecule has 2 atom stereocenters. The second-order valence-electron chi connectivity index (χ2n) is 12.3. The van der Waals surface area contributed by atoms with Crippen LogP contribution in [0.1, 0.15) is 49.8 Å². The highest BCUT2D eigenvalue weighted by Gasteiger charge is 2.44. The minimum absolute atomic E-state index is 0.0312. The fraction of sp³-hybridized carbons (Fsp3) is 0.394. The van der Waals surface area contributed by atoms with E-state index < -0.39 is 8.07 Å². The summed E-state index contributed by atoms with van der Waals surface area (Å²) in [6.45, 7) is 26.2. The molecule has 0 bridgehead atoms. The fourth-order valence-electron chi connectivity index (χ4n) is 6.45. The molecule has 3 aliphatic heterocycles. The van der Waals surface area contributed by atoms with E-state index in [1.807, 2.05) is 6.08 Å². The lowest BCUT2D eigenvalue weighted by molar-refractivity contribution is -0.708. The van der Waals surface area contributed by atoms with Gasteiger partial charge in [-0.2, -0.15) is 4.57 Å². The largest absolute Gasteiger partial charge is 0.478 e. The summed E-state index contributed by atoms with van der Waals surface area (Å²) in [6, 6.07) is 11.5. The van der Waals surface area contributed by atoms with Gasteiger partial charge in [-0.05, 0) is 54.0 Å². The predicted molar refractivity (Wildman–Crippen MR) is 161 cm³/mol. The summed E-state index contributed by atoms with van der Waals surface area (Å²) in [5, 5.41) is 4.94. The first-order valence-corrected chi connectivity index (χ1v) is 17.4. The van der Waals surface area contributed by atoms with Gasteiger partial charge in [0.2, 0.25) is 11.7 Å². The molecule has 4 nitrogen and oxygen atoms in total. The Bertz CT molecular complexity index is 1380. The molecule has 1 aromatic carbocycles. The average Bonchev–Trinajstić information content (AvgIpc) is 3.01. The van der Waals surface area contributed by atoms with E-state index in [1.165, 1.54) is 33.1 Å². The molecule has 0 spiro atoms. The summed E-state index contributed by atoms with van der Waals surface area (Å²) in [7, 11) is -1.61. The topological polar surface area (TPSA) is 37.5 Å². The summed E-state index contributed by atoms with van der Waals surface area (Å²) in [6.07, 6.45) is 7.33. The summed E-state index contributed by atoms with van der Waals surface area (Å²) in [5.41, 5.74) is 9.44. The van der Waals surface area contributed by atoms with Gasteiger partial charge < -0.3 is 4.74 Å². The van der Waals surface area contributed by atoms with Crippen molar-refractivity contribution in [1.29, 1.82) is 0 Å². The smallest absolute Gasteiger partial charge is 0.213 e. The van der Waals surface area contributed by atoms with Crippen LogP contribution < -0.4 is 15.1 Å². The van der Waals surface area contributed by atoms with Gasteiger partial charge >= 0.3 is 0 Å². The van der Waals surface area contributed by atoms with Gasteiger partial charge in [0, 0.05) is 28.9 Å². The summed E-state index contributed by atoms with van der Waals surface area (Å²) in [4.78, 5) is 5.18. The molecule has 0 amide bonds. The number of hydrogen-bond acceptors (Lipinski definition) is 3. The molecule has 2 aromatic rings. The highest BCUT2D eigenvalue weighted by atomic mass is 28.3. The minimum Gasteiger partial charge on any atom is -0.478 e. The second-order valence-corrected chi connectivity index (χ2v) is 17.4. The monoisotopic (exact) mass is 524 g/mol. The third kappa shape index (κ3) is 4.78. The predicted octanol–water partition coefficient (Wildman–Crippen LogP) is 6.35. The van der Waals surface area contributed by atoms with Crippen LogP contribution in [-0.2, 0) is 11.2 Å². The number of pyridine rings is 1. The van der Waals surface area contributed by atoms with Gasteiger partial charge in [0.25, 0.3) is 0 Å². The SMILES string of the molecule is C=C/C1=N/C(=C)C2C(CCC3=C1C(=C)OCNC3)c1ccccc1-c1cc(CC(C)C)c([Si](C)(C)C)c[n+]12. The van der Waals surface area contributed by atoms with Crippen LogP contribution in [0.3, 0.4) is 0 Å². The first-order chi connectivity index (χ1) is 18.1. The number of ether oxygens (including phenoxy) is 1. The molecule has 5 rings (SSSR count). The first-order valence-electron chi connectivity index (χ1n) is 13.9. The Morgan fingerprint density at radius 1 is 1.21 bits per heavy atom. The van der Waals surface area contributed by atoms with E-state index in [0.29, 0.717) is 18.4 Å². The molecule has 3 aliphatic rings. The summed E-state index contributed by atoms with van der Waals surface area (Å²) < 4.78 is 8.39. The van der Waals surface area contributed by atoms with Crippen molar-refractivity contribution in [2.24, 2.45) is 10.9 Å². The zero-order valence-corrected chi connectivity index (χ0v) is 24.7. The fourth-order valence-corrected chi connectivity index (χ4v) is 8.12. The molecule has 0 saturated carbocycles. The van der Waals surface area contributed by atoms with Crippen LogP contribution in [0.25, 0.3) is 11.3 Å². The summed E-state index contributed by atoms with van der Waals surface area (Å²) in [5.74, 6) is 1.53. The number of aromatic nitrogens is 1. The Labute approximate surface area is 229 Å². The van der Waals surface area contributed by atoms with E-state index in [2.05, 4.69) is 99.6 Å². The van der Waals surface area contributed by atoms with Crippen LogP contribution in [0.2, 0.25) is 19.6 Å². The third-order valence-electron chi connectivity index (χ3n) is 8.09. The van der Waals surface area contributed by atoms with Crippen molar-refractivity contribution in [3.63, 3.8) is 0 Å². The van der Waals surface area contributed by atoms with Crippen LogP contribution in [-0.4, -0.2) is 27.1 Å². The van der Waals surface area contributed by atoms with E-state index in [9.17, 15) is 0 Å². The molecule has 5 heteroatoms. The standard InChI is InChI=1S/C33H42N3OSi/c1-9-29-32-23(5)37-20-34-18-24(32)14-15-28-26-12-10-11-13-27(26)30-17-25(16-21(2)3)31(38(6,7)8)19-36(30)33(28)22(4)35-29/h9-13,17,19,21,28,33-34H,1,4-5,14-16,18,20H2,2-3,6-8H3/q+1/b35-29-. The van der Waals surface area contributed by atoms with Crippen LogP contribution in [0, 0.1) is 5.92 Å². The van der Waals surface area contributed by atoms with Gasteiger partial charge in [0.1, 0.15) is 18.2 Å². The van der Waals surface area contributed by atoms with Crippen molar-refractivity contribution >= 4 is 19.0 Å². The van der Waals surface area contributed by atoms with Gasteiger partial charge in [-0.3, -0.25) is 5.32 Å². The van der Waals surface area contributed by atoms with Crippen LogP contribution in [0.4, 0.5) is 0 Å². The van der Waals surface area contributed by atoms with Gasteiger partial charge in [0.15, 0.2) is 6.20 Å². The zero-order valence-electron chi connectivity index (χ0n) is 23.7. The number of rotatable bonds is 4. The van der Waals surface area contributed by atoms with Gasteiger partial charge in [-0.25, -0.2) is 4.99 Å². The molecular weight excluding hydrogens is 482 g/mol. The van der Waals surface area contributed by atoms with Crippen molar-refractivity contribution in [1.82, 2.24) is 5.32 Å². The maximum atomic E-state index is 5.88. The number of hydrogen-bond donors (Lipinski definition) is 1.